The van der Waals surface area contributed by atoms with Crippen LogP contribution in [-0.2, 0) is 32.4 Å². The summed E-state index contributed by atoms with van der Waals surface area (Å²) in [6.07, 6.45) is 10.0. The molecule has 0 atom stereocenters. The number of hydrazone groups is 2. The van der Waals surface area contributed by atoms with Crippen molar-refractivity contribution < 1.29 is 48.5 Å². The van der Waals surface area contributed by atoms with E-state index >= 15 is 0 Å². The average molecular weight is 777 g/mol. The van der Waals surface area contributed by atoms with Crippen LogP contribution in [0.15, 0.2) is 70.9 Å². The first kappa shape index (κ1) is 44.4. The third-order valence-corrected chi connectivity index (χ3v) is 8.36. The number of carbonyl (C=O) groups is 4. The number of amides is 4. The van der Waals surface area contributed by atoms with E-state index in [9.17, 15) is 19.2 Å². The van der Waals surface area contributed by atoms with E-state index in [0.717, 1.165) is 36.8 Å². The molecule has 0 aliphatic carbocycles. The predicted molar refractivity (Wildman–Crippen MR) is 208 cm³/mol. The highest BCUT2D eigenvalue weighted by atomic mass is 16.5. The SMILES string of the molecule is COc1cc(/C=N/NC(=O)CCCCCCC(=O)NO)ccc1OCc1ccc(COc2ccc(/C=N/NC(=O)CCCCCCC(=O)NO)cc2OC)cc1. The first-order chi connectivity index (χ1) is 27.2. The van der Waals surface area contributed by atoms with Gasteiger partial charge in [0.2, 0.25) is 23.6 Å². The minimum atomic E-state index is -0.410. The van der Waals surface area contributed by atoms with Crippen molar-refractivity contribution in [2.24, 2.45) is 10.2 Å². The number of hydrogen-bond acceptors (Lipinski definition) is 12. The van der Waals surface area contributed by atoms with Crippen LogP contribution in [0.25, 0.3) is 0 Å². The molecule has 0 unspecified atom stereocenters. The molecule has 0 spiro atoms. The van der Waals surface area contributed by atoms with Crippen molar-refractivity contribution in [1.29, 1.82) is 0 Å². The molecule has 16 nitrogen and oxygen atoms in total. The van der Waals surface area contributed by atoms with Gasteiger partial charge in [-0.3, -0.25) is 29.6 Å². The van der Waals surface area contributed by atoms with Gasteiger partial charge in [-0.05, 0) is 84.3 Å². The highest BCUT2D eigenvalue weighted by Crippen LogP contribution is 2.30. The summed E-state index contributed by atoms with van der Waals surface area (Å²) in [6.45, 7) is 0.612. The topological polar surface area (TPSA) is 218 Å². The second-order valence-electron chi connectivity index (χ2n) is 12.7. The third-order valence-electron chi connectivity index (χ3n) is 8.36. The normalized spacial score (nSPS) is 10.9. The van der Waals surface area contributed by atoms with Gasteiger partial charge in [-0.2, -0.15) is 10.2 Å². The van der Waals surface area contributed by atoms with E-state index in [0.29, 0.717) is 85.9 Å². The highest BCUT2D eigenvalue weighted by molar-refractivity contribution is 5.84. The minimum absolute atomic E-state index is 0.203. The molecule has 0 heterocycles. The third kappa shape index (κ3) is 17.4. The standard InChI is InChI=1S/C40H52N6O10/c1-53-35-23-31(25-41-43-37(47)11-7-3-5-9-13-39(49)45-51)19-21-33(35)55-27-29-15-17-30(18-16-29)28-56-34-22-20-32(24-36(34)54-2)26-42-44-38(48)12-8-4-6-10-14-40(50)46-52/h15-26,51-52H,3-14,27-28H2,1-2H3,(H,43,47)(H,44,48)(H,45,49)(H,46,50)/b41-25+,42-26+. The molecular weight excluding hydrogens is 724 g/mol. The van der Waals surface area contributed by atoms with Crippen molar-refractivity contribution in [2.75, 3.05) is 14.2 Å². The Balaban J connectivity index is 1.39. The fourth-order valence-corrected chi connectivity index (χ4v) is 5.25. The Morgan fingerprint density at radius 1 is 0.518 bits per heavy atom. The summed E-state index contributed by atoms with van der Waals surface area (Å²) in [5.41, 5.74) is 11.6. The van der Waals surface area contributed by atoms with Crippen LogP contribution in [-0.4, -0.2) is 60.7 Å². The number of unbranched alkanes of at least 4 members (excludes halogenated alkanes) is 6. The summed E-state index contributed by atoms with van der Waals surface area (Å²) >= 11 is 0. The highest BCUT2D eigenvalue weighted by Gasteiger charge is 2.09. The zero-order valence-electron chi connectivity index (χ0n) is 31.9. The summed E-state index contributed by atoms with van der Waals surface area (Å²) < 4.78 is 23.1. The Morgan fingerprint density at radius 3 is 1.21 bits per heavy atom. The largest absolute Gasteiger partial charge is 0.493 e. The lowest BCUT2D eigenvalue weighted by molar-refractivity contribution is -0.130. The lowest BCUT2D eigenvalue weighted by atomic mass is 10.1. The molecule has 3 aromatic carbocycles. The molecule has 0 aliphatic rings. The van der Waals surface area contributed by atoms with E-state index in [-0.39, 0.29) is 24.7 Å². The van der Waals surface area contributed by atoms with E-state index in [1.807, 2.05) is 24.3 Å². The van der Waals surface area contributed by atoms with E-state index in [1.54, 1.807) is 61.6 Å². The maximum absolute atomic E-state index is 12.1. The Morgan fingerprint density at radius 2 is 0.875 bits per heavy atom. The summed E-state index contributed by atoms with van der Waals surface area (Å²) in [4.78, 5) is 46.2. The lowest BCUT2D eigenvalue weighted by Gasteiger charge is -2.13. The van der Waals surface area contributed by atoms with Gasteiger partial charge in [-0.15, -0.1) is 0 Å². The average Bonchev–Trinajstić information content (AvgIpc) is 3.22. The number of nitrogens with one attached hydrogen (secondary N) is 4. The van der Waals surface area contributed by atoms with Gasteiger partial charge in [0, 0.05) is 25.7 Å². The molecular formula is C40H52N6O10. The summed E-state index contributed by atoms with van der Waals surface area (Å²) in [7, 11) is 3.10. The molecule has 0 fully saturated rings. The van der Waals surface area contributed by atoms with Crippen molar-refractivity contribution in [3.63, 3.8) is 0 Å². The van der Waals surface area contributed by atoms with E-state index in [4.69, 9.17) is 29.4 Å². The van der Waals surface area contributed by atoms with Crippen LogP contribution < -0.4 is 40.8 Å². The van der Waals surface area contributed by atoms with Gasteiger partial charge >= 0.3 is 0 Å². The fourth-order valence-electron chi connectivity index (χ4n) is 5.25. The molecule has 0 radical (unpaired) electrons. The van der Waals surface area contributed by atoms with Crippen LogP contribution in [0.2, 0.25) is 0 Å². The Bertz CT molecular complexity index is 1620. The van der Waals surface area contributed by atoms with Crippen molar-refractivity contribution in [2.45, 2.75) is 90.3 Å². The monoisotopic (exact) mass is 776 g/mol. The molecule has 0 saturated carbocycles. The lowest BCUT2D eigenvalue weighted by Crippen LogP contribution is -2.18. The van der Waals surface area contributed by atoms with Gasteiger partial charge < -0.3 is 18.9 Å². The Labute approximate surface area is 326 Å². The zero-order valence-corrected chi connectivity index (χ0v) is 31.9. The van der Waals surface area contributed by atoms with Gasteiger partial charge in [-0.1, -0.05) is 49.9 Å². The minimum Gasteiger partial charge on any atom is -0.493 e. The van der Waals surface area contributed by atoms with Crippen molar-refractivity contribution >= 4 is 36.1 Å². The first-order valence-corrected chi connectivity index (χ1v) is 18.4. The second-order valence-corrected chi connectivity index (χ2v) is 12.7. The van der Waals surface area contributed by atoms with Crippen LogP contribution in [0.4, 0.5) is 0 Å². The number of benzene rings is 3. The van der Waals surface area contributed by atoms with Crippen LogP contribution in [0, 0.1) is 0 Å². The van der Waals surface area contributed by atoms with Crippen LogP contribution in [0.1, 0.15) is 99.3 Å². The first-order valence-electron chi connectivity index (χ1n) is 18.4. The van der Waals surface area contributed by atoms with Crippen molar-refractivity contribution in [3.05, 3.63) is 82.9 Å². The molecule has 6 N–H and O–H groups in total. The summed E-state index contributed by atoms with van der Waals surface area (Å²) in [5.74, 6) is 0.911. The van der Waals surface area contributed by atoms with E-state index < -0.39 is 11.8 Å². The quantitative estimate of drug-likeness (QED) is 0.0262. The zero-order chi connectivity index (χ0) is 40.4. The maximum atomic E-state index is 12.1. The second kappa shape index (κ2) is 25.9. The van der Waals surface area contributed by atoms with Gasteiger partial charge in [0.1, 0.15) is 13.2 Å². The molecule has 0 saturated heterocycles. The summed E-state index contributed by atoms with van der Waals surface area (Å²) in [5, 5.41) is 25.1. The van der Waals surface area contributed by atoms with Crippen LogP contribution in [0.3, 0.4) is 0 Å². The molecule has 3 rings (SSSR count). The van der Waals surface area contributed by atoms with Crippen molar-refractivity contribution in [3.8, 4) is 23.0 Å². The molecule has 16 heteroatoms. The fraction of sp³-hybridized carbons (Fsp3) is 0.400. The number of nitrogens with zero attached hydrogens (tertiary/aromatic N) is 2. The number of hydrogen-bond donors (Lipinski definition) is 6. The number of methoxy groups -OCH3 is 2. The number of rotatable bonds is 26. The van der Waals surface area contributed by atoms with Crippen LogP contribution in [0.5, 0.6) is 23.0 Å². The summed E-state index contributed by atoms with van der Waals surface area (Å²) in [6, 6.07) is 18.5. The number of carbonyl (C=O) groups excluding carboxylic acids is 4. The molecule has 4 amide bonds. The smallest absolute Gasteiger partial charge is 0.243 e. The van der Waals surface area contributed by atoms with Gasteiger partial charge in [-0.25, -0.2) is 21.8 Å². The number of ether oxygens (including phenoxy) is 4. The molecule has 302 valence electrons. The molecule has 0 aliphatic heterocycles. The Hall–Kier alpha value is -6.00. The molecule has 0 aromatic heterocycles. The number of hydroxylamine groups is 2. The predicted octanol–water partition coefficient (Wildman–Crippen LogP) is 5.45. The van der Waals surface area contributed by atoms with Gasteiger partial charge in [0.05, 0.1) is 26.6 Å². The van der Waals surface area contributed by atoms with E-state index in [2.05, 4.69) is 21.1 Å². The molecule has 56 heavy (non-hydrogen) atoms. The molecule has 0 bridgehead atoms. The van der Waals surface area contributed by atoms with Gasteiger partial charge in [0.15, 0.2) is 23.0 Å². The maximum Gasteiger partial charge on any atom is 0.243 e. The van der Waals surface area contributed by atoms with Gasteiger partial charge in [0.25, 0.3) is 0 Å². The van der Waals surface area contributed by atoms with E-state index in [1.165, 1.54) is 12.4 Å². The van der Waals surface area contributed by atoms with Crippen molar-refractivity contribution in [1.82, 2.24) is 21.8 Å². The Kier molecular flexibility index (Phi) is 20.5. The van der Waals surface area contributed by atoms with Crippen LogP contribution >= 0.6 is 0 Å². The molecule has 3 aromatic rings.